The van der Waals surface area contributed by atoms with Crippen LogP contribution in [0.5, 0.6) is 0 Å². The molecule has 1 aliphatic heterocycles. The van der Waals surface area contributed by atoms with Gasteiger partial charge in [-0.05, 0) is 48.2 Å². The average molecular weight is 514 g/mol. The van der Waals surface area contributed by atoms with Gasteiger partial charge in [0.25, 0.3) is 0 Å². The number of hydrogen-bond acceptors (Lipinski definition) is 6. The van der Waals surface area contributed by atoms with Gasteiger partial charge >= 0.3 is 0 Å². The molecule has 6 nitrogen and oxygen atoms in total. The van der Waals surface area contributed by atoms with Crippen LogP contribution < -0.4 is 0 Å². The van der Waals surface area contributed by atoms with Crippen LogP contribution in [0.25, 0.3) is 21.1 Å². The predicted octanol–water partition coefficient (Wildman–Crippen LogP) is 5.57. The van der Waals surface area contributed by atoms with E-state index >= 15 is 0 Å². The summed E-state index contributed by atoms with van der Waals surface area (Å²) < 4.78 is 1.26. The number of para-hydroxylation sites is 2. The van der Waals surface area contributed by atoms with E-state index in [-0.39, 0.29) is 17.2 Å². The van der Waals surface area contributed by atoms with E-state index in [1.807, 2.05) is 60.6 Å². The number of carbonyl (C=O) groups is 1. The molecule has 2 atom stereocenters. The number of rotatable bonds is 7. The predicted molar refractivity (Wildman–Crippen MR) is 147 cm³/mol. The molecule has 36 heavy (non-hydrogen) atoms. The smallest absolute Gasteiger partial charge is 0.240 e. The van der Waals surface area contributed by atoms with Crippen molar-refractivity contribution in [1.29, 1.82) is 0 Å². The Morgan fingerprint density at radius 3 is 2.81 bits per heavy atom. The number of pyridine rings is 1. The van der Waals surface area contributed by atoms with Crippen LogP contribution in [0.2, 0.25) is 0 Å². The Morgan fingerprint density at radius 2 is 1.97 bits per heavy atom. The van der Waals surface area contributed by atoms with Crippen molar-refractivity contribution in [1.82, 2.24) is 24.8 Å². The summed E-state index contributed by atoms with van der Waals surface area (Å²) in [6.07, 6.45) is 2.60. The summed E-state index contributed by atoms with van der Waals surface area (Å²) in [6.45, 7) is 2.09. The van der Waals surface area contributed by atoms with Crippen molar-refractivity contribution < 1.29 is 4.79 Å². The third-order valence-corrected chi connectivity index (χ3v) is 8.83. The molecule has 2 aromatic carbocycles. The van der Waals surface area contributed by atoms with E-state index in [4.69, 9.17) is 4.98 Å². The number of fused-ring (bicyclic) bond motifs is 2. The van der Waals surface area contributed by atoms with Gasteiger partial charge in [0, 0.05) is 41.2 Å². The third-order valence-electron chi connectivity index (χ3n) is 6.63. The Morgan fingerprint density at radius 1 is 1.14 bits per heavy atom. The largest absolute Gasteiger partial charge is 0.339 e. The van der Waals surface area contributed by atoms with Gasteiger partial charge in [-0.15, -0.1) is 11.3 Å². The number of amides is 1. The number of aromatic nitrogens is 3. The molecule has 1 saturated heterocycles. The number of thioether (sulfide) groups is 1. The Balaban J connectivity index is 1.20. The Bertz CT molecular complexity index is 1430. The van der Waals surface area contributed by atoms with E-state index in [0.29, 0.717) is 13.1 Å². The van der Waals surface area contributed by atoms with Crippen molar-refractivity contribution in [3.63, 3.8) is 0 Å². The number of likely N-dealkylation sites (N-methyl/N-ethyl adjacent to an activating group) is 1. The van der Waals surface area contributed by atoms with Crippen LogP contribution >= 0.6 is 23.1 Å². The zero-order chi connectivity index (χ0) is 24.5. The first-order chi connectivity index (χ1) is 17.6. The molecule has 0 saturated carbocycles. The van der Waals surface area contributed by atoms with Gasteiger partial charge in [-0.3, -0.25) is 14.7 Å². The molecule has 5 aromatic rings. The van der Waals surface area contributed by atoms with Gasteiger partial charge in [-0.25, -0.2) is 4.98 Å². The summed E-state index contributed by atoms with van der Waals surface area (Å²) in [4.78, 5) is 31.8. The van der Waals surface area contributed by atoms with Crippen LogP contribution in [0.3, 0.4) is 0 Å². The lowest BCUT2D eigenvalue weighted by Crippen LogP contribution is -2.43. The minimum Gasteiger partial charge on any atom is -0.339 e. The molecule has 1 aliphatic rings. The SMILES string of the molecule is CN(Cc1cc2ccccc2s1)C(=O)[C@@H]1C[C@@H](Sc2nc3ccccc3[nH]2)CN1Cc1ccccn1. The number of aromatic amines is 1. The van der Waals surface area contributed by atoms with E-state index < -0.39 is 0 Å². The highest BCUT2D eigenvalue weighted by molar-refractivity contribution is 7.99. The van der Waals surface area contributed by atoms with E-state index in [0.717, 1.165) is 34.8 Å². The summed E-state index contributed by atoms with van der Waals surface area (Å²) in [5, 5.41) is 2.41. The maximum Gasteiger partial charge on any atom is 0.240 e. The topological polar surface area (TPSA) is 65.1 Å². The molecule has 0 spiro atoms. The van der Waals surface area contributed by atoms with Gasteiger partial charge in [0.2, 0.25) is 5.91 Å². The van der Waals surface area contributed by atoms with Crippen LogP contribution in [0.4, 0.5) is 0 Å². The van der Waals surface area contributed by atoms with Gasteiger partial charge < -0.3 is 9.88 Å². The summed E-state index contributed by atoms with van der Waals surface area (Å²) in [6, 6.07) is 24.4. The molecule has 4 heterocycles. The molecule has 182 valence electrons. The first kappa shape index (κ1) is 23.2. The van der Waals surface area contributed by atoms with Gasteiger partial charge in [-0.1, -0.05) is 48.2 Å². The number of hydrogen-bond donors (Lipinski definition) is 1. The molecule has 0 radical (unpaired) electrons. The quantitative estimate of drug-likeness (QED) is 0.308. The lowest BCUT2D eigenvalue weighted by molar-refractivity contribution is -0.135. The minimum absolute atomic E-state index is 0.163. The number of imidazole rings is 1. The highest BCUT2D eigenvalue weighted by atomic mass is 32.2. The van der Waals surface area contributed by atoms with Crippen molar-refractivity contribution in [2.75, 3.05) is 13.6 Å². The number of carbonyl (C=O) groups excluding carboxylic acids is 1. The normalized spacial score (nSPS) is 18.2. The maximum atomic E-state index is 13.7. The molecule has 1 amide bonds. The lowest BCUT2D eigenvalue weighted by atomic mass is 10.2. The zero-order valence-electron chi connectivity index (χ0n) is 20.0. The molecule has 0 bridgehead atoms. The van der Waals surface area contributed by atoms with Crippen molar-refractivity contribution in [3.05, 3.63) is 89.6 Å². The number of benzene rings is 2. The fourth-order valence-corrected chi connectivity index (χ4v) is 7.20. The third kappa shape index (κ3) is 4.89. The van der Waals surface area contributed by atoms with E-state index in [1.54, 1.807) is 23.1 Å². The second-order valence-electron chi connectivity index (χ2n) is 9.25. The highest BCUT2D eigenvalue weighted by Crippen LogP contribution is 2.34. The minimum atomic E-state index is -0.187. The Kier molecular flexibility index (Phi) is 6.48. The van der Waals surface area contributed by atoms with Crippen LogP contribution in [0.1, 0.15) is 17.0 Å². The Hall–Kier alpha value is -3.20. The van der Waals surface area contributed by atoms with Crippen molar-refractivity contribution in [3.8, 4) is 0 Å². The summed E-state index contributed by atoms with van der Waals surface area (Å²) >= 11 is 3.49. The van der Waals surface area contributed by atoms with Crippen molar-refractivity contribution >= 4 is 50.1 Å². The summed E-state index contributed by atoms with van der Waals surface area (Å²) in [5.41, 5.74) is 3.00. The second kappa shape index (κ2) is 10.0. The van der Waals surface area contributed by atoms with Crippen molar-refractivity contribution in [2.45, 2.75) is 36.0 Å². The maximum absolute atomic E-state index is 13.7. The fraction of sp³-hybridized carbons (Fsp3) is 0.250. The van der Waals surface area contributed by atoms with Crippen LogP contribution in [-0.4, -0.2) is 55.5 Å². The highest BCUT2D eigenvalue weighted by Gasteiger charge is 2.39. The molecule has 3 aromatic heterocycles. The van der Waals surface area contributed by atoms with Crippen LogP contribution in [0, 0.1) is 0 Å². The average Bonchev–Trinajstić information content (AvgIpc) is 3.60. The molecule has 1 N–H and O–H groups in total. The lowest BCUT2D eigenvalue weighted by Gasteiger charge is -2.27. The van der Waals surface area contributed by atoms with Crippen molar-refractivity contribution in [2.24, 2.45) is 0 Å². The van der Waals surface area contributed by atoms with E-state index in [2.05, 4.69) is 45.2 Å². The van der Waals surface area contributed by atoms with Crippen LogP contribution in [0.15, 0.2) is 84.1 Å². The number of nitrogens with one attached hydrogen (secondary N) is 1. The monoisotopic (exact) mass is 513 g/mol. The van der Waals surface area contributed by atoms with Crippen LogP contribution in [-0.2, 0) is 17.9 Å². The first-order valence-electron chi connectivity index (χ1n) is 12.1. The molecular weight excluding hydrogens is 486 g/mol. The standard InChI is InChI=1S/C28H27N5OS2/c1-32(17-21-14-19-8-2-5-12-26(19)35-21)27(34)25-15-22(18-33(25)16-20-9-6-7-13-29-20)36-28-30-23-10-3-4-11-24(23)31-28/h2-14,22,25H,15-18H2,1H3,(H,30,31)/t22-,25+/m1/s1. The van der Waals surface area contributed by atoms with Gasteiger partial charge in [-0.2, -0.15) is 0 Å². The molecule has 0 unspecified atom stereocenters. The number of H-pyrrole nitrogens is 1. The van der Waals surface area contributed by atoms with E-state index in [9.17, 15) is 4.79 Å². The Labute approximate surface area is 218 Å². The molecule has 0 aliphatic carbocycles. The second-order valence-corrected chi connectivity index (χ2v) is 11.7. The molecular formula is C28H27N5OS2. The number of thiophene rings is 1. The van der Waals surface area contributed by atoms with E-state index in [1.165, 1.54) is 15.0 Å². The number of nitrogens with zero attached hydrogens (tertiary/aromatic N) is 4. The molecule has 1 fully saturated rings. The van der Waals surface area contributed by atoms with Gasteiger partial charge in [0.1, 0.15) is 0 Å². The summed E-state index contributed by atoms with van der Waals surface area (Å²) in [5.74, 6) is 0.163. The summed E-state index contributed by atoms with van der Waals surface area (Å²) in [7, 11) is 1.92. The fourth-order valence-electron chi connectivity index (χ4n) is 4.90. The van der Waals surface area contributed by atoms with Gasteiger partial charge in [0.05, 0.1) is 29.3 Å². The van der Waals surface area contributed by atoms with Gasteiger partial charge in [0.15, 0.2) is 5.16 Å². The first-order valence-corrected chi connectivity index (χ1v) is 13.8. The zero-order valence-corrected chi connectivity index (χ0v) is 21.6. The number of likely N-dealkylation sites (tertiary alicyclic amines) is 1. The molecule has 6 rings (SSSR count). The molecule has 8 heteroatoms.